The van der Waals surface area contributed by atoms with E-state index in [1.165, 1.54) is 12.1 Å². The molecule has 0 spiro atoms. The van der Waals surface area contributed by atoms with Crippen molar-refractivity contribution in [3.05, 3.63) is 75.9 Å². The predicted octanol–water partition coefficient (Wildman–Crippen LogP) is 6.38. The van der Waals surface area contributed by atoms with Gasteiger partial charge in [0.15, 0.2) is 0 Å². The maximum absolute atomic E-state index is 13.8. The Kier molecular flexibility index (Phi) is 5.07. The zero-order valence-corrected chi connectivity index (χ0v) is 16.2. The molecule has 0 saturated heterocycles. The number of aryl methyl sites for hydroxylation is 1. The van der Waals surface area contributed by atoms with E-state index in [1.807, 2.05) is 19.1 Å². The van der Waals surface area contributed by atoms with E-state index in [0.29, 0.717) is 39.1 Å². The lowest BCUT2D eigenvalue weighted by atomic mass is 10.2. The molecule has 2 aromatic heterocycles. The molecule has 0 amide bonds. The molecule has 1 N–H and O–H groups in total. The quantitative estimate of drug-likeness (QED) is 0.408. The molecular weight excluding hydrogens is 404 g/mol. The fraction of sp³-hybridized carbons (Fsp3) is 0.100. The number of hydrogen-bond acceptors (Lipinski definition) is 5. The van der Waals surface area contributed by atoms with Crippen molar-refractivity contribution in [2.45, 2.75) is 13.5 Å². The summed E-state index contributed by atoms with van der Waals surface area (Å²) in [4.78, 5) is 8.72. The normalized spacial score (nSPS) is 11.0. The van der Waals surface area contributed by atoms with Crippen LogP contribution in [-0.4, -0.2) is 9.97 Å². The minimum Gasteiger partial charge on any atom is -0.465 e. The van der Waals surface area contributed by atoms with E-state index in [1.54, 1.807) is 24.3 Å². The van der Waals surface area contributed by atoms with E-state index < -0.39 is 0 Å². The van der Waals surface area contributed by atoms with Crippen LogP contribution in [-0.2, 0) is 6.54 Å². The van der Waals surface area contributed by atoms with Gasteiger partial charge in [0, 0.05) is 15.4 Å². The molecule has 2 heterocycles. The molecule has 0 atom stereocenters. The molecule has 0 radical (unpaired) electrons. The van der Waals surface area contributed by atoms with Crippen molar-refractivity contribution < 1.29 is 13.5 Å². The summed E-state index contributed by atoms with van der Waals surface area (Å²) in [5, 5.41) is 4.53. The third-order valence-corrected chi connectivity index (χ3v) is 4.34. The number of furan rings is 1. The van der Waals surface area contributed by atoms with E-state index in [0.717, 1.165) is 11.5 Å². The molecule has 2 aromatic carbocycles. The van der Waals surface area contributed by atoms with Crippen LogP contribution >= 0.6 is 23.2 Å². The van der Waals surface area contributed by atoms with E-state index in [2.05, 4.69) is 15.3 Å². The summed E-state index contributed by atoms with van der Waals surface area (Å²) in [6.07, 6.45) is 0. The van der Waals surface area contributed by atoms with Gasteiger partial charge in [-0.3, -0.25) is 0 Å². The number of anilines is 1. The molecule has 0 aliphatic carbocycles. The number of nitrogens with zero attached hydrogens (tertiary/aromatic N) is 2. The van der Waals surface area contributed by atoms with Crippen LogP contribution in [0.5, 0.6) is 11.8 Å². The number of rotatable bonds is 5. The molecule has 0 aliphatic heterocycles. The zero-order valence-electron chi connectivity index (χ0n) is 14.7. The smallest absolute Gasteiger partial charge is 0.324 e. The molecule has 5 nitrogen and oxygen atoms in total. The number of fused-ring (bicyclic) bond motifs is 1. The van der Waals surface area contributed by atoms with Gasteiger partial charge in [0.25, 0.3) is 0 Å². The van der Waals surface area contributed by atoms with Crippen LogP contribution in [0.4, 0.5) is 10.2 Å². The summed E-state index contributed by atoms with van der Waals surface area (Å²) in [6, 6.07) is 12.9. The van der Waals surface area contributed by atoms with Gasteiger partial charge in [0.2, 0.25) is 0 Å². The van der Waals surface area contributed by atoms with Crippen LogP contribution in [0.15, 0.2) is 52.9 Å². The average molecular weight is 418 g/mol. The molecule has 8 heteroatoms. The third kappa shape index (κ3) is 4.18. The highest BCUT2D eigenvalue weighted by Gasteiger charge is 2.12. The van der Waals surface area contributed by atoms with Crippen molar-refractivity contribution in [2.75, 3.05) is 5.32 Å². The van der Waals surface area contributed by atoms with Gasteiger partial charge in [0.1, 0.15) is 28.9 Å². The van der Waals surface area contributed by atoms with Crippen molar-refractivity contribution in [3.63, 3.8) is 0 Å². The first-order valence-corrected chi connectivity index (χ1v) is 9.12. The van der Waals surface area contributed by atoms with Crippen molar-refractivity contribution >= 4 is 39.9 Å². The van der Waals surface area contributed by atoms with Crippen LogP contribution in [0.3, 0.4) is 0 Å². The van der Waals surface area contributed by atoms with Gasteiger partial charge in [-0.1, -0.05) is 23.2 Å². The largest absolute Gasteiger partial charge is 0.465 e. The number of benzene rings is 2. The second-order valence-electron chi connectivity index (χ2n) is 6.09. The highest BCUT2D eigenvalue weighted by molar-refractivity contribution is 6.34. The van der Waals surface area contributed by atoms with Crippen molar-refractivity contribution in [1.29, 1.82) is 0 Å². The molecule has 4 aromatic rings. The average Bonchev–Trinajstić information content (AvgIpc) is 3.04. The van der Waals surface area contributed by atoms with Crippen molar-refractivity contribution in [2.24, 2.45) is 0 Å². The Balaban J connectivity index is 1.70. The lowest BCUT2D eigenvalue weighted by Gasteiger charge is -2.11. The molecule has 4 rings (SSSR count). The van der Waals surface area contributed by atoms with Crippen LogP contribution in [0, 0.1) is 12.7 Å². The molecule has 0 unspecified atom stereocenters. The Bertz CT molecular complexity index is 1140. The standard InChI is InChI=1S/C20H14Cl2FN3O2/c1-11-2-4-15(27-11)10-24-19-17-9-14(23)3-5-18(17)25-20(26-19)28-16-7-12(21)6-13(22)8-16/h2-9H,10H2,1H3,(H,24,25,26). The maximum Gasteiger partial charge on any atom is 0.324 e. The predicted molar refractivity (Wildman–Crippen MR) is 107 cm³/mol. The first-order chi connectivity index (χ1) is 13.5. The highest BCUT2D eigenvalue weighted by atomic mass is 35.5. The molecule has 0 saturated carbocycles. The van der Waals surface area contributed by atoms with Crippen LogP contribution in [0.2, 0.25) is 10.0 Å². The highest BCUT2D eigenvalue weighted by Crippen LogP contribution is 2.30. The lowest BCUT2D eigenvalue weighted by Crippen LogP contribution is -2.04. The van der Waals surface area contributed by atoms with E-state index in [9.17, 15) is 4.39 Å². The SMILES string of the molecule is Cc1ccc(CNc2nc(Oc3cc(Cl)cc(Cl)c3)nc3ccc(F)cc23)o1. The fourth-order valence-corrected chi connectivity index (χ4v) is 3.21. The van der Waals surface area contributed by atoms with Crippen molar-refractivity contribution in [3.8, 4) is 11.8 Å². The topological polar surface area (TPSA) is 60.2 Å². The summed E-state index contributed by atoms with van der Waals surface area (Å²) in [7, 11) is 0. The summed E-state index contributed by atoms with van der Waals surface area (Å²) in [6.45, 7) is 2.24. The van der Waals surface area contributed by atoms with E-state index in [4.69, 9.17) is 32.4 Å². The summed E-state index contributed by atoms with van der Waals surface area (Å²) in [5.41, 5.74) is 0.526. The molecule has 0 bridgehead atoms. The zero-order chi connectivity index (χ0) is 19.7. The minimum absolute atomic E-state index is 0.0792. The molecule has 0 aliphatic rings. The van der Waals surface area contributed by atoms with Crippen LogP contribution in [0.1, 0.15) is 11.5 Å². The Morgan fingerprint density at radius 2 is 1.82 bits per heavy atom. The Morgan fingerprint density at radius 3 is 2.54 bits per heavy atom. The van der Waals surface area contributed by atoms with E-state index in [-0.39, 0.29) is 11.8 Å². The number of hydrogen-bond donors (Lipinski definition) is 1. The molecule has 28 heavy (non-hydrogen) atoms. The molecule has 142 valence electrons. The van der Waals surface area contributed by atoms with E-state index >= 15 is 0 Å². The number of halogens is 3. The monoisotopic (exact) mass is 417 g/mol. The Morgan fingerprint density at radius 1 is 1.04 bits per heavy atom. The summed E-state index contributed by atoms with van der Waals surface area (Å²) < 4.78 is 25.0. The Hall–Kier alpha value is -2.83. The summed E-state index contributed by atoms with van der Waals surface area (Å²) in [5.74, 6) is 1.96. The van der Waals surface area contributed by atoms with Crippen molar-refractivity contribution in [1.82, 2.24) is 9.97 Å². The Labute approximate surface area is 170 Å². The second kappa shape index (κ2) is 7.66. The van der Waals surface area contributed by atoms with Gasteiger partial charge in [-0.05, 0) is 55.5 Å². The first kappa shape index (κ1) is 18.5. The minimum atomic E-state index is -0.386. The van der Waals surface area contributed by atoms with Crippen LogP contribution in [0.25, 0.3) is 10.9 Å². The molecular formula is C20H14Cl2FN3O2. The van der Waals surface area contributed by atoms with Gasteiger partial charge >= 0.3 is 6.01 Å². The van der Waals surface area contributed by atoms with Gasteiger partial charge < -0.3 is 14.5 Å². The fourth-order valence-electron chi connectivity index (χ4n) is 2.70. The van der Waals surface area contributed by atoms with Gasteiger partial charge in [0.05, 0.1) is 12.1 Å². The lowest BCUT2D eigenvalue weighted by molar-refractivity contribution is 0.444. The second-order valence-corrected chi connectivity index (χ2v) is 6.96. The molecule has 0 fully saturated rings. The third-order valence-electron chi connectivity index (χ3n) is 3.91. The summed E-state index contributed by atoms with van der Waals surface area (Å²) >= 11 is 12.0. The van der Waals surface area contributed by atoms with Gasteiger partial charge in [-0.25, -0.2) is 4.39 Å². The maximum atomic E-state index is 13.8. The first-order valence-electron chi connectivity index (χ1n) is 8.37. The van der Waals surface area contributed by atoms with Crippen LogP contribution < -0.4 is 10.1 Å². The number of nitrogens with one attached hydrogen (secondary N) is 1. The van der Waals surface area contributed by atoms with Gasteiger partial charge in [-0.2, -0.15) is 9.97 Å². The number of aromatic nitrogens is 2. The number of ether oxygens (including phenoxy) is 1. The van der Waals surface area contributed by atoms with Gasteiger partial charge in [-0.15, -0.1) is 0 Å².